The summed E-state index contributed by atoms with van der Waals surface area (Å²) in [6.07, 6.45) is 0. The van der Waals surface area contributed by atoms with E-state index in [0.29, 0.717) is 0 Å². The van der Waals surface area contributed by atoms with Crippen LogP contribution in [-0.2, 0) is 5.41 Å². The number of rotatable bonds is 5. The van der Waals surface area contributed by atoms with Gasteiger partial charge < -0.3 is 4.90 Å². The maximum atomic E-state index is 2.52. The zero-order valence-corrected chi connectivity index (χ0v) is 34.0. The fraction of sp³-hybridized carbons (Fsp3) is 0.0169. The molecule has 2 aliphatic rings. The summed E-state index contributed by atoms with van der Waals surface area (Å²) in [5.41, 5.74) is 18.8. The average molecular weight is 792 g/mol. The number of anilines is 3. The molecule has 0 saturated heterocycles. The summed E-state index contributed by atoms with van der Waals surface area (Å²) in [4.78, 5) is 2.37. The summed E-state index contributed by atoms with van der Waals surface area (Å²) in [5, 5.41) is 5.16. The number of fused-ring (bicyclic) bond motifs is 15. The average Bonchev–Trinajstić information content (AvgIpc) is 3.96. The molecule has 11 aromatic rings. The van der Waals surface area contributed by atoms with Gasteiger partial charge in [0.2, 0.25) is 0 Å². The van der Waals surface area contributed by atoms with Crippen molar-refractivity contribution >= 4 is 59.3 Å². The van der Waals surface area contributed by atoms with Gasteiger partial charge in [0.05, 0.1) is 5.41 Å². The molecule has 0 saturated carbocycles. The topological polar surface area (TPSA) is 3.24 Å². The van der Waals surface area contributed by atoms with E-state index >= 15 is 0 Å². The number of hydrogen-bond donors (Lipinski definition) is 0. The van der Waals surface area contributed by atoms with E-state index in [0.717, 1.165) is 17.1 Å². The zero-order valence-electron chi connectivity index (χ0n) is 33.2. The van der Waals surface area contributed by atoms with Crippen LogP contribution in [-0.4, -0.2) is 0 Å². The van der Waals surface area contributed by atoms with Crippen LogP contribution in [0.4, 0.5) is 17.1 Å². The van der Waals surface area contributed by atoms with Crippen molar-refractivity contribution in [2.75, 3.05) is 4.90 Å². The van der Waals surface area contributed by atoms with E-state index < -0.39 is 0 Å². The lowest BCUT2D eigenvalue weighted by molar-refractivity contribution is 0.794. The second kappa shape index (κ2) is 13.2. The first-order valence-electron chi connectivity index (χ1n) is 21.1. The molecule has 0 aliphatic heterocycles. The van der Waals surface area contributed by atoms with Crippen molar-refractivity contribution in [3.63, 3.8) is 0 Å². The quantitative estimate of drug-likeness (QED) is 0.168. The summed E-state index contributed by atoms with van der Waals surface area (Å²) in [6, 6.07) is 83.3. The third-order valence-electron chi connectivity index (χ3n) is 13.3. The highest BCUT2D eigenvalue weighted by Crippen LogP contribution is 2.63. The lowest BCUT2D eigenvalue weighted by atomic mass is 9.70. The Kier molecular flexibility index (Phi) is 7.46. The molecule has 1 nitrogen and oxygen atoms in total. The Morgan fingerprint density at radius 2 is 0.803 bits per heavy atom. The van der Waals surface area contributed by atoms with Crippen molar-refractivity contribution in [2.24, 2.45) is 0 Å². The van der Waals surface area contributed by atoms with Crippen molar-refractivity contribution in [1.29, 1.82) is 0 Å². The molecule has 0 N–H and O–H groups in total. The standard InChI is InChI=1S/C59H37NS/c1-3-15-38(16-4-1)39-27-30-42(31-28-39)60(41-17-5-2-6-18-41)43-32-34-49-52-37-51(44-19-7-8-23-50(44)58(52)61-57(49)36-43)40-29-33-48-47-22-11-14-26-55(47)59(56(48)35-40)53-24-12-9-20-45(53)46-21-10-13-25-54(46)59/h1-37H. The largest absolute Gasteiger partial charge is 0.310 e. The Morgan fingerprint density at radius 3 is 1.48 bits per heavy atom. The fourth-order valence-electron chi connectivity index (χ4n) is 10.7. The fourth-order valence-corrected chi connectivity index (χ4v) is 11.9. The molecule has 2 aliphatic carbocycles. The second-order valence-corrected chi connectivity index (χ2v) is 17.4. The first kappa shape index (κ1) is 34.4. The molecule has 0 radical (unpaired) electrons. The second-order valence-electron chi connectivity index (χ2n) is 16.4. The predicted molar refractivity (Wildman–Crippen MR) is 259 cm³/mol. The summed E-state index contributed by atoms with van der Waals surface area (Å²) in [7, 11) is 0. The van der Waals surface area contributed by atoms with Gasteiger partial charge in [-0.15, -0.1) is 11.3 Å². The molecule has 284 valence electrons. The SMILES string of the molecule is c1ccc(-c2ccc(N(c3ccccc3)c3ccc4c(c3)sc3c5ccccc5c(-c5ccc6c(c5)C5(c7ccccc7-c7ccccc75)c5ccccc5-6)cc43)cc2)cc1. The molecule has 1 spiro atoms. The van der Waals surface area contributed by atoms with Gasteiger partial charge in [-0.05, 0) is 121 Å². The van der Waals surface area contributed by atoms with Gasteiger partial charge in [-0.2, -0.15) is 0 Å². The van der Waals surface area contributed by atoms with Crippen LogP contribution in [0.5, 0.6) is 0 Å². The van der Waals surface area contributed by atoms with Gasteiger partial charge in [-0.1, -0.05) is 176 Å². The first-order chi connectivity index (χ1) is 30.3. The van der Waals surface area contributed by atoms with Crippen LogP contribution in [0.15, 0.2) is 224 Å². The predicted octanol–water partition coefficient (Wildman–Crippen LogP) is 16.4. The maximum absolute atomic E-state index is 2.52. The summed E-state index contributed by atoms with van der Waals surface area (Å²) in [6.45, 7) is 0. The minimum atomic E-state index is -0.382. The molecule has 0 amide bonds. The smallest absolute Gasteiger partial charge is 0.0725 e. The van der Waals surface area contributed by atoms with Crippen molar-refractivity contribution in [1.82, 2.24) is 0 Å². The van der Waals surface area contributed by atoms with Crippen LogP contribution in [0.3, 0.4) is 0 Å². The van der Waals surface area contributed by atoms with Gasteiger partial charge in [0.25, 0.3) is 0 Å². The molecule has 0 fully saturated rings. The zero-order chi connectivity index (χ0) is 40.1. The van der Waals surface area contributed by atoms with Crippen LogP contribution in [0.2, 0.25) is 0 Å². The van der Waals surface area contributed by atoms with Gasteiger partial charge in [0, 0.05) is 42.6 Å². The Morgan fingerprint density at radius 1 is 0.295 bits per heavy atom. The van der Waals surface area contributed by atoms with Crippen molar-refractivity contribution in [3.8, 4) is 44.5 Å². The van der Waals surface area contributed by atoms with Crippen LogP contribution in [0.25, 0.3) is 75.5 Å². The summed E-state index contributed by atoms with van der Waals surface area (Å²) in [5.74, 6) is 0. The number of thiophene rings is 1. The van der Waals surface area contributed by atoms with E-state index in [4.69, 9.17) is 0 Å². The molecular formula is C59H37NS. The summed E-state index contributed by atoms with van der Waals surface area (Å²) >= 11 is 1.90. The number of benzene rings is 10. The maximum Gasteiger partial charge on any atom is 0.0725 e. The molecule has 1 aromatic heterocycles. The summed E-state index contributed by atoms with van der Waals surface area (Å²) < 4.78 is 2.60. The van der Waals surface area contributed by atoms with Crippen LogP contribution in [0.1, 0.15) is 22.3 Å². The molecule has 10 aromatic carbocycles. The number of hydrogen-bond acceptors (Lipinski definition) is 2. The van der Waals surface area contributed by atoms with Crippen LogP contribution >= 0.6 is 11.3 Å². The van der Waals surface area contributed by atoms with E-state index in [1.54, 1.807) is 0 Å². The lowest BCUT2D eigenvalue weighted by Crippen LogP contribution is -2.25. The molecule has 61 heavy (non-hydrogen) atoms. The molecule has 2 heteroatoms. The highest BCUT2D eigenvalue weighted by molar-refractivity contribution is 7.26. The number of para-hydroxylation sites is 1. The van der Waals surface area contributed by atoms with Crippen molar-refractivity contribution in [3.05, 3.63) is 247 Å². The van der Waals surface area contributed by atoms with E-state index in [1.807, 2.05) is 11.3 Å². The highest BCUT2D eigenvalue weighted by atomic mass is 32.1. The van der Waals surface area contributed by atoms with Gasteiger partial charge >= 0.3 is 0 Å². The molecular weight excluding hydrogens is 755 g/mol. The highest BCUT2D eigenvalue weighted by Gasteiger charge is 2.51. The van der Waals surface area contributed by atoms with E-state index in [1.165, 1.54) is 97.7 Å². The Balaban J connectivity index is 0.989. The van der Waals surface area contributed by atoms with Gasteiger partial charge in [-0.25, -0.2) is 0 Å². The third-order valence-corrected chi connectivity index (χ3v) is 14.5. The van der Waals surface area contributed by atoms with E-state index in [-0.39, 0.29) is 5.41 Å². The molecule has 13 rings (SSSR count). The van der Waals surface area contributed by atoms with E-state index in [2.05, 4.69) is 229 Å². The minimum absolute atomic E-state index is 0.382. The molecule has 0 atom stereocenters. The molecule has 1 heterocycles. The van der Waals surface area contributed by atoms with Crippen LogP contribution < -0.4 is 4.90 Å². The lowest BCUT2D eigenvalue weighted by Gasteiger charge is -2.30. The normalized spacial score (nSPS) is 13.0. The van der Waals surface area contributed by atoms with Crippen LogP contribution in [0, 0.1) is 0 Å². The van der Waals surface area contributed by atoms with E-state index in [9.17, 15) is 0 Å². The van der Waals surface area contributed by atoms with Gasteiger partial charge in [0.1, 0.15) is 0 Å². The van der Waals surface area contributed by atoms with Gasteiger partial charge in [0.15, 0.2) is 0 Å². The first-order valence-corrected chi connectivity index (χ1v) is 21.9. The van der Waals surface area contributed by atoms with Crippen molar-refractivity contribution in [2.45, 2.75) is 5.41 Å². The Labute approximate surface area is 359 Å². The Bertz CT molecular complexity index is 3460. The Hall–Kier alpha value is -7.52. The molecule has 0 bridgehead atoms. The van der Waals surface area contributed by atoms with Gasteiger partial charge in [-0.3, -0.25) is 0 Å². The third kappa shape index (κ3) is 4.94. The molecule has 0 unspecified atom stereocenters. The number of nitrogens with zero attached hydrogens (tertiary/aromatic N) is 1. The monoisotopic (exact) mass is 791 g/mol. The minimum Gasteiger partial charge on any atom is -0.310 e. The van der Waals surface area contributed by atoms with Crippen molar-refractivity contribution < 1.29 is 0 Å².